The number of ether oxygens (including phenoxy) is 1. The van der Waals surface area contributed by atoms with Crippen molar-refractivity contribution < 1.29 is 14.3 Å². The minimum Gasteiger partial charge on any atom is -0.423 e. The number of benzene rings is 4. The fourth-order valence-electron chi connectivity index (χ4n) is 3.34. The number of carbonyl (C=O) groups is 2. The zero-order chi connectivity index (χ0) is 22.9. The molecule has 0 heterocycles. The number of hydrogen-bond acceptors (Lipinski definition) is 4. The summed E-state index contributed by atoms with van der Waals surface area (Å²) in [5.41, 5.74) is 5.20. The van der Waals surface area contributed by atoms with Crippen molar-refractivity contribution in [2.45, 2.75) is 6.42 Å². The lowest BCUT2D eigenvalue weighted by molar-refractivity contribution is -0.129. The summed E-state index contributed by atoms with van der Waals surface area (Å²) in [7, 11) is 0. The SMILES string of the molecule is O=C(Cc1cccc2ccccc12)N/N=C\c1ccc(OC(=O)/C=C/c2ccccc2)cc1. The van der Waals surface area contributed by atoms with Crippen LogP contribution in [0.1, 0.15) is 16.7 Å². The molecule has 5 nitrogen and oxygen atoms in total. The van der Waals surface area contributed by atoms with Gasteiger partial charge < -0.3 is 4.74 Å². The molecular formula is C28H22N2O3. The molecule has 0 bridgehead atoms. The molecule has 4 rings (SSSR count). The van der Waals surface area contributed by atoms with Gasteiger partial charge in [-0.15, -0.1) is 0 Å². The number of fused-ring (bicyclic) bond motifs is 1. The van der Waals surface area contributed by atoms with Crippen LogP contribution in [0.4, 0.5) is 0 Å². The van der Waals surface area contributed by atoms with Crippen LogP contribution in [-0.2, 0) is 16.0 Å². The molecule has 0 spiro atoms. The van der Waals surface area contributed by atoms with E-state index in [0.29, 0.717) is 5.75 Å². The van der Waals surface area contributed by atoms with Gasteiger partial charge in [-0.2, -0.15) is 5.10 Å². The summed E-state index contributed by atoms with van der Waals surface area (Å²) < 4.78 is 5.30. The standard InChI is InChI=1S/C28H22N2O3/c31-27(19-24-11-6-10-23-9-4-5-12-26(23)24)30-29-20-22-13-16-25(17-14-22)33-28(32)18-15-21-7-2-1-3-8-21/h1-18,20H,19H2,(H,30,31)/b18-15+,29-20-. The minimum atomic E-state index is -0.457. The van der Waals surface area contributed by atoms with Crippen molar-refractivity contribution in [3.05, 3.63) is 120 Å². The van der Waals surface area contributed by atoms with Gasteiger partial charge in [-0.05, 0) is 57.8 Å². The fourth-order valence-corrected chi connectivity index (χ4v) is 3.34. The molecule has 4 aromatic rings. The van der Waals surface area contributed by atoms with E-state index in [2.05, 4.69) is 10.5 Å². The number of hydrogen-bond donors (Lipinski definition) is 1. The van der Waals surface area contributed by atoms with E-state index in [-0.39, 0.29) is 12.3 Å². The third-order valence-corrected chi connectivity index (χ3v) is 4.94. The zero-order valence-corrected chi connectivity index (χ0v) is 17.8. The molecule has 0 fully saturated rings. The van der Waals surface area contributed by atoms with E-state index >= 15 is 0 Å². The second kappa shape index (κ2) is 10.7. The molecule has 33 heavy (non-hydrogen) atoms. The predicted molar refractivity (Wildman–Crippen MR) is 131 cm³/mol. The van der Waals surface area contributed by atoms with Crippen LogP contribution in [0.15, 0.2) is 108 Å². The third-order valence-electron chi connectivity index (χ3n) is 4.94. The monoisotopic (exact) mass is 434 g/mol. The number of nitrogens with one attached hydrogen (secondary N) is 1. The Morgan fingerprint density at radius 2 is 1.52 bits per heavy atom. The van der Waals surface area contributed by atoms with Gasteiger partial charge in [0.2, 0.25) is 5.91 Å². The Bertz CT molecular complexity index is 1300. The summed E-state index contributed by atoms with van der Waals surface area (Å²) in [6.45, 7) is 0. The van der Waals surface area contributed by atoms with Gasteiger partial charge in [-0.3, -0.25) is 4.79 Å². The number of rotatable bonds is 7. The molecule has 0 radical (unpaired) electrons. The molecule has 0 saturated heterocycles. The van der Waals surface area contributed by atoms with Crippen molar-refractivity contribution in [1.29, 1.82) is 0 Å². The molecule has 5 heteroatoms. The summed E-state index contributed by atoms with van der Waals surface area (Å²) in [5, 5.41) is 6.19. The molecule has 0 saturated carbocycles. The van der Waals surface area contributed by atoms with Crippen LogP contribution in [-0.4, -0.2) is 18.1 Å². The van der Waals surface area contributed by atoms with Crippen molar-refractivity contribution in [1.82, 2.24) is 5.43 Å². The Balaban J connectivity index is 1.28. The maximum Gasteiger partial charge on any atom is 0.336 e. The second-order valence-electron chi connectivity index (χ2n) is 7.34. The normalized spacial score (nSPS) is 11.2. The highest BCUT2D eigenvalue weighted by Crippen LogP contribution is 2.19. The van der Waals surface area contributed by atoms with Gasteiger partial charge in [0, 0.05) is 6.08 Å². The first kappa shape index (κ1) is 21.7. The topological polar surface area (TPSA) is 67.8 Å². The molecular weight excluding hydrogens is 412 g/mol. The number of nitrogens with zero attached hydrogens (tertiary/aromatic N) is 1. The average molecular weight is 434 g/mol. The Kier molecular flexibility index (Phi) is 7.03. The number of esters is 1. The zero-order valence-electron chi connectivity index (χ0n) is 17.8. The molecule has 4 aromatic carbocycles. The van der Waals surface area contributed by atoms with Crippen LogP contribution >= 0.6 is 0 Å². The van der Waals surface area contributed by atoms with E-state index in [9.17, 15) is 9.59 Å². The molecule has 0 aliphatic rings. The van der Waals surface area contributed by atoms with Gasteiger partial charge in [-0.1, -0.05) is 72.8 Å². The van der Waals surface area contributed by atoms with E-state index in [1.165, 1.54) is 6.08 Å². The molecule has 0 unspecified atom stereocenters. The van der Waals surface area contributed by atoms with Crippen molar-refractivity contribution in [2.24, 2.45) is 5.10 Å². The van der Waals surface area contributed by atoms with E-state index in [1.807, 2.05) is 72.8 Å². The number of carbonyl (C=O) groups excluding carboxylic acids is 2. The van der Waals surface area contributed by atoms with Crippen LogP contribution in [0, 0.1) is 0 Å². The van der Waals surface area contributed by atoms with Crippen LogP contribution < -0.4 is 10.2 Å². The largest absolute Gasteiger partial charge is 0.423 e. The van der Waals surface area contributed by atoms with E-state index < -0.39 is 5.97 Å². The van der Waals surface area contributed by atoms with Gasteiger partial charge in [0.05, 0.1) is 12.6 Å². The van der Waals surface area contributed by atoms with Crippen molar-refractivity contribution >= 4 is 34.9 Å². The summed E-state index contributed by atoms with van der Waals surface area (Å²) in [5.74, 6) is -0.228. The summed E-state index contributed by atoms with van der Waals surface area (Å²) in [6, 6.07) is 30.3. The number of amides is 1. The van der Waals surface area contributed by atoms with E-state index in [0.717, 1.165) is 27.5 Å². The van der Waals surface area contributed by atoms with Gasteiger partial charge >= 0.3 is 5.97 Å². The lowest BCUT2D eigenvalue weighted by Gasteiger charge is -2.05. The van der Waals surface area contributed by atoms with Crippen LogP contribution in [0.3, 0.4) is 0 Å². The maximum absolute atomic E-state index is 12.3. The van der Waals surface area contributed by atoms with E-state index in [4.69, 9.17) is 4.74 Å². The van der Waals surface area contributed by atoms with E-state index in [1.54, 1.807) is 36.6 Å². The quantitative estimate of drug-likeness (QED) is 0.144. The van der Waals surface area contributed by atoms with Gasteiger partial charge in [0.25, 0.3) is 0 Å². The first-order valence-electron chi connectivity index (χ1n) is 10.5. The van der Waals surface area contributed by atoms with Crippen LogP contribution in [0.5, 0.6) is 5.75 Å². The first-order chi connectivity index (χ1) is 16.2. The average Bonchev–Trinajstić information content (AvgIpc) is 2.85. The molecule has 0 aliphatic heterocycles. The third kappa shape index (κ3) is 6.24. The highest BCUT2D eigenvalue weighted by atomic mass is 16.5. The molecule has 0 atom stereocenters. The highest BCUT2D eigenvalue weighted by Gasteiger charge is 2.06. The maximum atomic E-state index is 12.3. The van der Waals surface area contributed by atoms with Gasteiger partial charge in [-0.25, -0.2) is 10.2 Å². The Morgan fingerprint density at radius 3 is 2.33 bits per heavy atom. The highest BCUT2D eigenvalue weighted by molar-refractivity contribution is 5.91. The summed E-state index contributed by atoms with van der Waals surface area (Å²) in [4.78, 5) is 24.3. The van der Waals surface area contributed by atoms with Crippen molar-refractivity contribution in [3.63, 3.8) is 0 Å². The summed E-state index contributed by atoms with van der Waals surface area (Å²) >= 11 is 0. The fraction of sp³-hybridized carbons (Fsp3) is 0.0357. The number of hydrazone groups is 1. The predicted octanol–water partition coefficient (Wildman–Crippen LogP) is 5.15. The second-order valence-corrected chi connectivity index (χ2v) is 7.34. The molecule has 0 aliphatic carbocycles. The van der Waals surface area contributed by atoms with Crippen LogP contribution in [0.25, 0.3) is 16.8 Å². The minimum absolute atomic E-state index is 0.196. The lowest BCUT2D eigenvalue weighted by Crippen LogP contribution is -2.19. The van der Waals surface area contributed by atoms with Crippen molar-refractivity contribution in [2.75, 3.05) is 0 Å². The first-order valence-corrected chi connectivity index (χ1v) is 10.5. The summed E-state index contributed by atoms with van der Waals surface area (Å²) in [6.07, 6.45) is 4.87. The molecule has 0 aromatic heterocycles. The van der Waals surface area contributed by atoms with Gasteiger partial charge in [0.1, 0.15) is 5.75 Å². The lowest BCUT2D eigenvalue weighted by atomic mass is 10.0. The molecule has 162 valence electrons. The Hall–Kier alpha value is -4.51. The van der Waals surface area contributed by atoms with Crippen molar-refractivity contribution in [3.8, 4) is 5.75 Å². The molecule has 1 amide bonds. The van der Waals surface area contributed by atoms with Crippen LogP contribution in [0.2, 0.25) is 0 Å². The Morgan fingerprint density at radius 1 is 0.788 bits per heavy atom. The van der Waals surface area contributed by atoms with Gasteiger partial charge in [0.15, 0.2) is 0 Å². The molecule has 1 N–H and O–H groups in total. The smallest absolute Gasteiger partial charge is 0.336 e. The Labute approximate surface area is 192 Å².